The van der Waals surface area contributed by atoms with E-state index in [9.17, 15) is 4.21 Å². The summed E-state index contributed by atoms with van der Waals surface area (Å²) in [6, 6.07) is 8.82. The summed E-state index contributed by atoms with van der Waals surface area (Å²) in [5.74, 6) is 1.62. The first kappa shape index (κ1) is 19.9. The molecule has 5 nitrogen and oxygen atoms in total. The van der Waals surface area contributed by atoms with Crippen molar-refractivity contribution in [1.82, 2.24) is 15.6 Å². The molecular weight excluding hydrogens is 356 g/mol. The van der Waals surface area contributed by atoms with Gasteiger partial charge in [0.1, 0.15) is 0 Å². The Hall–Kier alpha value is -1.82. The summed E-state index contributed by atoms with van der Waals surface area (Å²) in [6.45, 7) is 2.90. The molecule has 1 heterocycles. The molecule has 3 N–H and O–H groups in total. The lowest BCUT2D eigenvalue weighted by atomic mass is 9.95. The molecule has 2 aromatic rings. The van der Waals surface area contributed by atoms with Crippen molar-refractivity contribution >= 4 is 27.7 Å². The first-order valence-electron chi connectivity index (χ1n) is 10.1. The molecule has 27 heavy (non-hydrogen) atoms. The molecule has 0 bridgehead atoms. The Balaban J connectivity index is 1.43. The van der Waals surface area contributed by atoms with E-state index in [0.717, 1.165) is 56.8 Å². The van der Waals surface area contributed by atoms with E-state index in [0.29, 0.717) is 11.3 Å². The topological polar surface area (TPSA) is 69.3 Å². The van der Waals surface area contributed by atoms with Gasteiger partial charge in [0.2, 0.25) is 0 Å². The van der Waals surface area contributed by atoms with Gasteiger partial charge in [-0.05, 0) is 43.7 Å². The number of aromatic nitrogens is 1. The molecule has 3 rings (SSSR count). The van der Waals surface area contributed by atoms with Crippen molar-refractivity contribution in [3.63, 3.8) is 0 Å². The average Bonchev–Trinajstić information content (AvgIpc) is 3.13. The van der Waals surface area contributed by atoms with Crippen LogP contribution in [0.3, 0.4) is 0 Å². The smallest absolute Gasteiger partial charge is 0.191 e. The van der Waals surface area contributed by atoms with Crippen LogP contribution in [-0.4, -0.2) is 45.8 Å². The quantitative estimate of drug-likeness (QED) is 0.387. The minimum atomic E-state index is -0.690. The summed E-state index contributed by atoms with van der Waals surface area (Å²) in [4.78, 5) is 7.71. The molecule has 1 aromatic carbocycles. The van der Waals surface area contributed by atoms with Gasteiger partial charge in [-0.15, -0.1) is 0 Å². The van der Waals surface area contributed by atoms with Crippen LogP contribution < -0.4 is 10.6 Å². The number of nitrogens with one attached hydrogen (secondary N) is 3. The fraction of sp³-hybridized carbons (Fsp3) is 0.571. The normalized spacial score (nSPS) is 21.9. The van der Waals surface area contributed by atoms with E-state index in [1.165, 1.54) is 16.5 Å². The summed E-state index contributed by atoms with van der Waals surface area (Å²) in [6.07, 6.45) is 8.56. The van der Waals surface area contributed by atoms with Crippen molar-refractivity contribution in [1.29, 1.82) is 0 Å². The number of rotatable bonds is 7. The zero-order valence-corrected chi connectivity index (χ0v) is 17.3. The van der Waals surface area contributed by atoms with Crippen LogP contribution in [0.25, 0.3) is 10.9 Å². The summed E-state index contributed by atoms with van der Waals surface area (Å²) >= 11 is 0. The van der Waals surface area contributed by atoms with Crippen LogP contribution in [0, 0.1) is 0 Å². The van der Waals surface area contributed by atoms with Crippen molar-refractivity contribution in [3.05, 3.63) is 36.0 Å². The molecule has 0 radical (unpaired) electrons. The number of hydrogen-bond acceptors (Lipinski definition) is 2. The lowest BCUT2D eigenvalue weighted by Gasteiger charge is -2.30. The molecule has 3 atom stereocenters. The second kappa shape index (κ2) is 9.93. The summed E-state index contributed by atoms with van der Waals surface area (Å²) in [5, 5.41) is 8.63. The average molecular weight is 389 g/mol. The predicted molar refractivity (Wildman–Crippen MR) is 116 cm³/mol. The Kier molecular flexibility index (Phi) is 7.33. The number of hydrogen-bond donors (Lipinski definition) is 3. The molecule has 1 fully saturated rings. The number of aliphatic imine (C=N–C) groups is 1. The van der Waals surface area contributed by atoms with Crippen LogP contribution in [-0.2, 0) is 17.2 Å². The third-order valence-corrected chi connectivity index (χ3v) is 7.18. The van der Waals surface area contributed by atoms with Crippen molar-refractivity contribution in [3.8, 4) is 0 Å². The fourth-order valence-corrected chi connectivity index (χ4v) is 5.31. The lowest BCUT2D eigenvalue weighted by molar-refractivity contribution is 0.413. The standard InChI is InChI=1S/C21H32N4OS/c1-3-27(26)18-10-6-9-17(14-18)25-21(22-2)23-13-7-8-16-15-24-20-12-5-4-11-19(16)20/h4-5,11-12,15,17-18,24H,3,6-10,13-14H2,1-2H3,(H2,22,23,25). The molecule has 0 spiro atoms. The molecule has 1 aromatic heterocycles. The molecule has 148 valence electrons. The largest absolute Gasteiger partial charge is 0.361 e. The number of aryl methyl sites for hydroxylation is 1. The van der Waals surface area contributed by atoms with Gasteiger partial charge in [-0.2, -0.15) is 0 Å². The molecule has 0 amide bonds. The van der Waals surface area contributed by atoms with E-state index < -0.39 is 10.8 Å². The molecule has 0 aliphatic heterocycles. The van der Waals surface area contributed by atoms with Crippen molar-refractivity contribution in [2.45, 2.75) is 56.7 Å². The molecule has 1 aliphatic rings. The molecule has 6 heteroatoms. The fourth-order valence-electron chi connectivity index (χ4n) is 3.96. The van der Waals surface area contributed by atoms with Crippen molar-refractivity contribution in [2.24, 2.45) is 4.99 Å². The Morgan fingerprint density at radius 1 is 1.33 bits per heavy atom. The monoisotopic (exact) mass is 388 g/mol. The number of aromatic amines is 1. The Bertz CT molecular complexity index is 785. The maximum atomic E-state index is 12.1. The van der Waals surface area contributed by atoms with Gasteiger partial charge >= 0.3 is 0 Å². The zero-order valence-electron chi connectivity index (χ0n) is 16.5. The van der Waals surface area contributed by atoms with Gasteiger partial charge < -0.3 is 15.6 Å². The highest BCUT2D eigenvalue weighted by atomic mass is 32.2. The highest BCUT2D eigenvalue weighted by Crippen LogP contribution is 2.23. The van der Waals surface area contributed by atoms with E-state index >= 15 is 0 Å². The summed E-state index contributed by atoms with van der Waals surface area (Å²) in [7, 11) is 1.13. The van der Waals surface area contributed by atoms with Gasteiger partial charge in [-0.25, -0.2) is 0 Å². The molecule has 3 unspecified atom stereocenters. The van der Waals surface area contributed by atoms with Gasteiger partial charge in [0.05, 0.1) is 0 Å². The van der Waals surface area contributed by atoms with Crippen LogP contribution in [0.2, 0.25) is 0 Å². The minimum absolute atomic E-state index is 0.334. The highest BCUT2D eigenvalue weighted by Gasteiger charge is 2.25. The number of guanidine groups is 1. The van der Waals surface area contributed by atoms with E-state index in [4.69, 9.17) is 0 Å². The van der Waals surface area contributed by atoms with Crippen molar-refractivity contribution in [2.75, 3.05) is 19.3 Å². The second-order valence-electron chi connectivity index (χ2n) is 7.26. The van der Waals surface area contributed by atoms with Gasteiger partial charge in [0.25, 0.3) is 0 Å². The van der Waals surface area contributed by atoms with Crippen LogP contribution in [0.4, 0.5) is 0 Å². The molecular formula is C21H32N4OS. The maximum Gasteiger partial charge on any atom is 0.191 e. The Morgan fingerprint density at radius 3 is 3.00 bits per heavy atom. The first-order valence-corrected chi connectivity index (χ1v) is 11.5. The third kappa shape index (κ3) is 5.34. The predicted octanol–water partition coefficient (Wildman–Crippen LogP) is 3.35. The van der Waals surface area contributed by atoms with Crippen LogP contribution >= 0.6 is 0 Å². The number of H-pyrrole nitrogens is 1. The van der Waals surface area contributed by atoms with Gasteiger partial charge in [-0.3, -0.25) is 9.20 Å². The van der Waals surface area contributed by atoms with Crippen LogP contribution in [0.1, 0.15) is 44.6 Å². The van der Waals surface area contributed by atoms with E-state index in [1.54, 1.807) is 0 Å². The second-order valence-corrected chi connectivity index (χ2v) is 9.27. The van der Waals surface area contributed by atoms with Crippen molar-refractivity contribution < 1.29 is 4.21 Å². The highest BCUT2D eigenvalue weighted by molar-refractivity contribution is 7.85. The van der Waals surface area contributed by atoms with E-state index in [2.05, 4.69) is 51.1 Å². The third-order valence-electron chi connectivity index (χ3n) is 5.44. The lowest BCUT2D eigenvalue weighted by Crippen LogP contribution is -2.46. The molecule has 1 aliphatic carbocycles. The number of fused-ring (bicyclic) bond motifs is 1. The maximum absolute atomic E-state index is 12.1. The van der Waals surface area contributed by atoms with Gasteiger partial charge in [0, 0.05) is 58.5 Å². The molecule has 0 saturated heterocycles. The van der Waals surface area contributed by atoms with Gasteiger partial charge in [0.15, 0.2) is 5.96 Å². The Morgan fingerprint density at radius 2 is 2.19 bits per heavy atom. The zero-order chi connectivity index (χ0) is 19.1. The Labute approximate surface area is 164 Å². The SMILES string of the molecule is CCS(=O)C1CCCC(NC(=NC)NCCCc2c[nH]c3ccccc23)C1. The summed E-state index contributed by atoms with van der Waals surface area (Å²) < 4.78 is 12.1. The minimum Gasteiger partial charge on any atom is -0.361 e. The number of nitrogens with zero attached hydrogens (tertiary/aromatic N) is 1. The van der Waals surface area contributed by atoms with E-state index in [-0.39, 0.29) is 0 Å². The van der Waals surface area contributed by atoms with Crippen LogP contribution in [0.15, 0.2) is 35.5 Å². The van der Waals surface area contributed by atoms with Gasteiger partial charge in [-0.1, -0.05) is 31.5 Å². The molecule has 1 saturated carbocycles. The number of para-hydroxylation sites is 1. The first-order chi connectivity index (χ1) is 13.2. The van der Waals surface area contributed by atoms with Crippen LogP contribution in [0.5, 0.6) is 0 Å². The summed E-state index contributed by atoms with van der Waals surface area (Å²) in [5.41, 5.74) is 2.57. The number of benzene rings is 1. The van der Waals surface area contributed by atoms with E-state index in [1.807, 2.05) is 14.0 Å².